The number of hydrogen-bond donors (Lipinski definition) is 1. The number of carboxylic acid groups (broad SMARTS) is 1. The van der Waals surface area contributed by atoms with E-state index < -0.39 is 11.6 Å². The van der Waals surface area contributed by atoms with Crippen molar-refractivity contribution < 1.29 is 14.3 Å². The molecule has 0 atom stereocenters. The normalized spacial score (nSPS) is 17.8. The molecule has 2 rings (SSSR count). The maximum Gasteiger partial charge on any atom is 0.307 e. The molecule has 86 valence electrons. The molecule has 0 spiro atoms. The van der Waals surface area contributed by atoms with Gasteiger partial charge in [-0.05, 0) is 30.4 Å². The topological polar surface area (TPSA) is 37.3 Å². The minimum Gasteiger partial charge on any atom is -0.481 e. The molecule has 16 heavy (non-hydrogen) atoms. The van der Waals surface area contributed by atoms with E-state index in [-0.39, 0.29) is 6.42 Å². The second-order valence-electron chi connectivity index (χ2n) is 4.57. The average Bonchev–Trinajstić information content (AvgIpc) is 2.14. The van der Waals surface area contributed by atoms with Crippen LogP contribution in [0.25, 0.3) is 0 Å². The molecule has 1 N–H and O–H groups in total. The Morgan fingerprint density at radius 2 is 2.06 bits per heavy atom. The number of carboxylic acids is 1. The van der Waals surface area contributed by atoms with Crippen LogP contribution in [-0.4, -0.2) is 16.7 Å². The number of halogens is 1. The third-order valence-corrected chi connectivity index (χ3v) is 3.12. The third kappa shape index (κ3) is 2.60. The smallest absolute Gasteiger partial charge is 0.307 e. The molecule has 1 saturated carbocycles. The van der Waals surface area contributed by atoms with Crippen molar-refractivity contribution >= 4 is 5.97 Å². The summed E-state index contributed by atoms with van der Waals surface area (Å²) in [5.74, 6) is -0.851. The van der Waals surface area contributed by atoms with E-state index in [2.05, 4.69) is 0 Å². The van der Waals surface area contributed by atoms with Crippen LogP contribution in [0.5, 0.6) is 0 Å². The number of alkyl halides is 1. The Morgan fingerprint density at radius 1 is 1.38 bits per heavy atom. The molecule has 1 aliphatic rings. The predicted molar refractivity (Wildman–Crippen MR) is 59.2 cm³/mol. The molecule has 3 heteroatoms. The summed E-state index contributed by atoms with van der Waals surface area (Å²) in [6.07, 6.45) is 2.66. The molecule has 1 aromatic rings. The van der Waals surface area contributed by atoms with Crippen LogP contribution < -0.4 is 0 Å². The highest BCUT2D eigenvalue weighted by atomic mass is 19.1. The Balaban J connectivity index is 2.06. The molecule has 1 aromatic carbocycles. The zero-order valence-corrected chi connectivity index (χ0v) is 9.08. The summed E-state index contributed by atoms with van der Waals surface area (Å²) in [5, 5.41) is 8.67. The molecule has 0 saturated heterocycles. The molecule has 0 heterocycles. The lowest BCUT2D eigenvalue weighted by atomic mass is 9.77. The number of benzene rings is 1. The van der Waals surface area contributed by atoms with Gasteiger partial charge in [-0.2, -0.15) is 0 Å². The van der Waals surface area contributed by atoms with E-state index >= 15 is 0 Å². The van der Waals surface area contributed by atoms with Gasteiger partial charge in [0.2, 0.25) is 0 Å². The van der Waals surface area contributed by atoms with Gasteiger partial charge in [0, 0.05) is 6.42 Å². The third-order valence-electron chi connectivity index (χ3n) is 3.12. The molecule has 0 radical (unpaired) electrons. The number of carbonyl (C=O) groups is 1. The van der Waals surface area contributed by atoms with Crippen LogP contribution in [0.2, 0.25) is 0 Å². The fraction of sp³-hybridized carbons (Fsp3) is 0.462. The van der Waals surface area contributed by atoms with Gasteiger partial charge >= 0.3 is 5.97 Å². The van der Waals surface area contributed by atoms with E-state index in [1.54, 1.807) is 18.2 Å². The molecule has 0 bridgehead atoms. The SMILES string of the molecule is O=C(O)Cc1cccc(CC2(F)CCC2)c1. The highest BCUT2D eigenvalue weighted by molar-refractivity contribution is 5.70. The van der Waals surface area contributed by atoms with Crippen LogP contribution in [0.3, 0.4) is 0 Å². The molecule has 0 aliphatic heterocycles. The average molecular weight is 222 g/mol. The first-order valence-corrected chi connectivity index (χ1v) is 5.56. The summed E-state index contributed by atoms with van der Waals surface area (Å²) in [6.45, 7) is 0. The van der Waals surface area contributed by atoms with Gasteiger partial charge < -0.3 is 5.11 Å². The molecular formula is C13H15FO2. The Bertz CT molecular complexity index is 397. The van der Waals surface area contributed by atoms with E-state index in [1.165, 1.54) is 0 Å². The number of aliphatic carboxylic acids is 1. The van der Waals surface area contributed by atoms with Gasteiger partial charge in [-0.25, -0.2) is 4.39 Å². The molecule has 0 unspecified atom stereocenters. The Kier molecular flexibility index (Phi) is 2.95. The van der Waals surface area contributed by atoms with Crippen molar-refractivity contribution in [3.05, 3.63) is 35.4 Å². The fourth-order valence-electron chi connectivity index (χ4n) is 2.13. The first kappa shape index (κ1) is 11.1. The molecular weight excluding hydrogens is 207 g/mol. The van der Waals surface area contributed by atoms with Crippen molar-refractivity contribution in [3.63, 3.8) is 0 Å². The zero-order valence-electron chi connectivity index (χ0n) is 9.08. The molecule has 0 aromatic heterocycles. The summed E-state index contributed by atoms with van der Waals surface area (Å²) in [4.78, 5) is 10.6. The lowest BCUT2D eigenvalue weighted by Gasteiger charge is -2.33. The summed E-state index contributed by atoms with van der Waals surface area (Å²) >= 11 is 0. The van der Waals surface area contributed by atoms with Gasteiger partial charge in [-0.3, -0.25) is 4.79 Å². The Hall–Kier alpha value is -1.38. The Labute approximate surface area is 94.1 Å². The van der Waals surface area contributed by atoms with Crippen LogP contribution in [0, 0.1) is 0 Å². The highest BCUT2D eigenvalue weighted by Crippen LogP contribution is 2.38. The van der Waals surface area contributed by atoms with Crippen LogP contribution in [0.4, 0.5) is 4.39 Å². The summed E-state index contributed by atoms with van der Waals surface area (Å²) in [6, 6.07) is 7.23. The standard InChI is InChI=1S/C13H15FO2/c14-13(5-2-6-13)9-11-4-1-3-10(7-11)8-12(15)16/h1,3-4,7H,2,5-6,8-9H2,(H,15,16). The number of hydrogen-bond acceptors (Lipinski definition) is 1. The molecule has 1 aliphatic carbocycles. The Morgan fingerprint density at radius 3 is 2.62 bits per heavy atom. The maximum absolute atomic E-state index is 13.9. The number of rotatable bonds is 4. The summed E-state index contributed by atoms with van der Waals surface area (Å²) in [5.41, 5.74) is 0.607. The quantitative estimate of drug-likeness (QED) is 0.850. The highest BCUT2D eigenvalue weighted by Gasteiger charge is 2.36. The largest absolute Gasteiger partial charge is 0.481 e. The van der Waals surface area contributed by atoms with Crippen LogP contribution in [0.1, 0.15) is 30.4 Å². The summed E-state index contributed by atoms with van der Waals surface area (Å²) in [7, 11) is 0. The van der Waals surface area contributed by atoms with Crippen LogP contribution in [0.15, 0.2) is 24.3 Å². The van der Waals surface area contributed by atoms with Gasteiger partial charge in [-0.1, -0.05) is 24.3 Å². The summed E-state index contributed by atoms with van der Waals surface area (Å²) < 4.78 is 13.9. The zero-order chi connectivity index (χ0) is 11.6. The van der Waals surface area contributed by atoms with E-state index in [0.717, 1.165) is 17.5 Å². The van der Waals surface area contributed by atoms with E-state index in [0.29, 0.717) is 19.3 Å². The van der Waals surface area contributed by atoms with E-state index in [9.17, 15) is 9.18 Å². The van der Waals surface area contributed by atoms with Gasteiger partial charge in [0.25, 0.3) is 0 Å². The van der Waals surface area contributed by atoms with E-state index in [4.69, 9.17) is 5.11 Å². The lowest BCUT2D eigenvalue weighted by molar-refractivity contribution is -0.136. The van der Waals surface area contributed by atoms with E-state index in [1.807, 2.05) is 6.07 Å². The minimum absolute atomic E-state index is 0.00707. The molecule has 1 fully saturated rings. The molecule has 0 amide bonds. The van der Waals surface area contributed by atoms with Crippen molar-refractivity contribution in [1.82, 2.24) is 0 Å². The van der Waals surface area contributed by atoms with Gasteiger partial charge in [0.15, 0.2) is 0 Å². The predicted octanol–water partition coefficient (Wildman–Crippen LogP) is 2.75. The first-order valence-electron chi connectivity index (χ1n) is 5.56. The van der Waals surface area contributed by atoms with Gasteiger partial charge in [0.05, 0.1) is 6.42 Å². The van der Waals surface area contributed by atoms with Crippen molar-refractivity contribution in [3.8, 4) is 0 Å². The minimum atomic E-state index is -1.04. The van der Waals surface area contributed by atoms with Crippen molar-refractivity contribution in [2.24, 2.45) is 0 Å². The van der Waals surface area contributed by atoms with Gasteiger partial charge in [-0.15, -0.1) is 0 Å². The fourth-order valence-corrected chi connectivity index (χ4v) is 2.13. The monoisotopic (exact) mass is 222 g/mol. The van der Waals surface area contributed by atoms with Crippen molar-refractivity contribution in [2.45, 2.75) is 37.8 Å². The molecule has 2 nitrogen and oxygen atoms in total. The lowest BCUT2D eigenvalue weighted by Crippen LogP contribution is -2.34. The van der Waals surface area contributed by atoms with Crippen LogP contribution in [-0.2, 0) is 17.6 Å². The van der Waals surface area contributed by atoms with Crippen molar-refractivity contribution in [1.29, 1.82) is 0 Å². The second kappa shape index (κ2) is 4.24. The first-order chi connectivity index (χ1) is 7.57. The van der Waals surface area contributed by atoms with Crippen molar-refractivity contribution in [2.75, 3.05) is 0 Å². The van der Waals surface area contributed by atoms with Crippen LogP contribution >= 0.6 is 0 Å². The second-order valence-corrected chi connectivity index (χ2v) is 4.57. The maximum atomic E-state index is 13.9. The van der Waals surface area contributed by atoms with Gasteiger partial charge in [0.1, 0.15) is 5.67 Å².